The van der Waals surface area contributed by atoms with E-state index >= 15 is 0 Å². The van der Waals surface area contributed by atoms with Gasteiger partial charge in [-0.15, -0.1) is 10.2 Å². The van der Waals surface area contributed by atoms with Gasteiger partial charge in [0.05, 0.1) is 18.0 Å². The topological polar surface area (TPSA) is 120 Å². The number of para-hydroxylation sites is 1. The number of azo groups is 1. The number of amides is 2. The summed E-state index contributed by atoms with van der Waals surface area (Å²) >= 11 is 0. The first-order valence-corrected chi connectivity index (χ1v) is 8.98. The van der Waals surface area contributed by atoms with E-state index in [0.717, 1.165) is 5.56 Å². The Morgan fingerprint density at radius 1 is 1.17 bits per heavy atom. The minimum Gasteiger partial charge on any atom is -0.493 e. The molecule has 2 N–H and O–H groups in total. The number of nitriles is 1. The number of aromatic nitrogens is 1. The molecule has 1 heterocycles. The molecule has 0 aliphatic rings. The molecule has 1 aromatic heterocycles. The van der Waals surface area contributed by atoms with E-state index in [1.165, 1.54) is 0 Å². The van der Waals surface area contributed by atoms with Crippen LogP contribution in [0, 0.1) is 18.3 Å². The van der Waals surface area contributed by atoms with E-state index in [9.17, 15) is 14.7 Å². The predicted molar refractivity (Wildman–Crippen MR) is 107 cm³/mol. The lowest BCUT2D eigenvalue weighted by Crippen LogP contribution is -2.29. The molecule has 0 bridgehead atoms. The Morgan fingerprint density at radius 2 is 1.90 bits per heavy atom. The van der Waals surface area contributed by atoms with Crippen LogP contribution in [0.3, 0.4) is 0 Å². The van der Waals surface area contributed by atoms with Gasteiger partial charge in [0.1, 0.15) is 6.54 Å². The number of benzene rings is 2. The first kappa shape index (κ1) is 19.8. The highest BCUT2D eigenvalue weighted by atomic mass is 16.3. The molecule has 3 rings (SSSR count). The van der Waals surface area contributed by atoms with Gasteiger partial charge in [0, 0.05) is 17.5 Å². The number of fused-ring (bicyclic) bond motifs is 1. The Labute approximate surface area is 167 Å². The van der Waals surface area contributed by atoms with E-state index < -0.39 is 5.91 Å². The first-order valence-electron chi connectivity index (χ1n) is 8.98. The summed E-state index contributed by atoms with van der Waals surface area (Å²) in [5.74, 6) is -1.19. The highest BCUT2D eigenvalue weighted by Gasteiger charge is 2.16. The average molecular weight is 389 g/mol. The molecular formula is C21H19N5O3. The average Bonchev–Trinajstić information content (AvgIpc) is 3.00. The summed E-state index contributed by atoms with van der Waals surface area (Å²) in [5.41, 5.74) is 2.12. The number of rotatable bonds is 6. The van der Waals surface area contributed by atoms with Crippen LogP contribution in [0.1, 0.15) is 22.3 Å². The lowest BCUT2D eigenvalue weighted by Gasteiger charge is -2.05. The third-order valence-electron chi connectivity index (χ3n) is 4.42. The fraction of sp³-hybridized carbons (Fsp3) is 0.190. The number of nitrogens with one attached hydrogen (secondary N) is 1. The zero-order chi connectivity index (χ0) is 20.8. The molecule has 0 aliphatic heterocycles. The van der Waals surface area contributed by atoms with Crippen LogP contribution in [0.5, 0.6) is 5.88 Å². The van der Waals surface area contributed by atoms with Crippen LogP contribution < -0.4 is 5.32 Å². The Kier molecular flexibility index (Phi) is 6.00. The van der Waals surface area contributed by atoms with Gasteiger partial charge in [-0.2, -0.15) is 5.26 Å². The molecule has 2 aromatic carbocycles. The van der Waals surface area contributed by atoms with Gasteiger partial charge in [-0.1, -0.05) is 36.4 Å². The van der Waals surface area contributed by atoms with Crippen molar-refractivity contribution in [1.82, 2.24) is 9.88 Å². The third-order valence-corrected chi connectivity index (χ3v) is 4.42. The maximum absolute atomic E-state index is 12.2. The van der Waals surface area contributed by atoms with Crippen molar-refractivity contribution in [1.29, 1.82) is 5.26 Å². The van der Waals surface area contributed by atoms with Gasteiger partial charge in [-0.25, -0.2) is 0 Å². The number of nitrogens with zero attached hydrogens (tertiary/aromatic N) is 4. The maximum atomic E-state index is 12.2. The molecule has 3 aromatic rings. The maximum Gasteiger partial charge on any atom is 0.283 e. The van der Waals surface area contributed by atoms with Crippen molar-refractivity contribution in [2.75, 3.05) is 6.54 Å². The molecular weight excluding hydrogens is 370 g/mol. The van der Waals surface area contributed by atoms with Gasteiger partial charge < -0.3 is 15.0 Å². The van der Waals surface area contributed by atoms with Gasteiger partial charge in [0.2, 0.25) is 5.88 Å². The van der Waals surface area contributed by atoms with Crippen molar-refractivity contribution in [2.45, 2.75) is 19.9 Å². The van der Waals surface area contributed by atoms with E-state index in [2.05, 4.69) is 15.5 Å². The third kappa shape index (κ3) is 4.30. The number of hydrogen-bond acceptors (Lipinski definition) is 5. The van der Waals surface area contributed by atoms with Crippen molar-refractivity contribution < 1.29 is 14.7 Å². The van der Waals surface area contributed by atoms with Gasteiger partial charge in [0.25, 0.3) is 11.8 Å². The second kappa shape index (κ2) is 8.80. The second-order valence-corrected chi connectivity index (χ2v) is 6.34. The highest BCUT2D eigenvalue weighted by molar-refractivity contribution is 5.98. The summed E-state index contributed by atoms with van der Waals surface area (Å²) in [6, 6.07) is 16.2. The first-order chi connectivity index (χ1) is 14.0. The number of carbonyl (C=O) groups excluding carboxylic acids is 2. The van der Waals surface area contributed by atoms with Crippen molar-refractivity contribution in [3.8, 4) is 11.9 Å². The van der Waals surface area contributed by atoms with E-state index in [-0.39, 0.29) is 30.4 Å². The number of hydrogen-bond donors (Lipinski definition) is 2. The van der Waals surface area contributed by atoms with Crippen LogP contribution in [0.4, 0.5) is 5.69 Å². The SMILES string of the molecule is Cc1ccccc1C(=O)NCC(=O)N=Nc1c(O)n(CCC#N)c2ccccc12. The monoisotopic (exact) mass is 389 g/mol. The van der Waals surface area contributed by atoms with Gasteiger partial charge in [-0.05, 0) is 24.6 Å². The van der Waals surface area contributed by atoms with Gasteiger partial charge in [0.15, 0.2) is 5.69 Å². The molecule has 29 heavy (non-hydrogen) atoms. The molecule has 0 aliphatic carbocycles. The van der Waals surface area contributed by atoms with Crippen LogP contribution in [0.25, 0.3) is 10.9 Å². The zero-order valence-electron chi connectivity index (χ0n) is 15.8. The van der Waals surface area contributed by atoms with Crippen molar-refractivity contribution >= 4 is 28.4 Å². The summed E-state index contributed by atoms with van der Waals surface area (Å²) in [6.45, 7) is 1.78. The summed E-state index contributed by atoms with van der Waals surface area (Å²) in [7, 11) is 0. The minimum absolute atomic E-state index is 0.150. The summed E-state index contributed by atoms with van der Waals surface area (Å²) in [4.78, 5) is 24.2. The van der Waals surface area contributed by atoms with Crippen LogP contribution in [-0.4, -0.2) is 28.0 Å². The summed E-state index contributed by atoms with van der Waals surface area (Å²) in [6.07, 6.45) is 0.215. The molecule has 8 heteroatoms. The molecule has 0 atom stereocenters. The number of carbonyl (C=O) groups is 2. The zero-order valence-corrected chi connectivity index (χ0v) is 15.8. The van der Waals surface area contributed by atoms with Crippen LogP contribution in [0.15, 0.2) is 58.8 Å². The quantitative estimate of drug-likeness (QED) is 0.626. The van der Waals surface area contributed by atoms with Gasteiger partial charge in [-0.3, -0.25) is 9.59 Å². The Balaban J connectivity index is 1.74. The van der Waals surface area contributed by atoms with E-state index in [1.54, 1.807) is 54.0 Å². The molecule has 0 spiro atoms. The van der Waals surface area contributed by atoms with Crippen molar-refractivity contribution in [2.24, 2.45) is 10.2 Å². The van der Waals surface area contributed by atoms with Crippen LogP contribution in [-0.2, 0) is 11.3 Å². The van der Waals surface area contributed by atoms with Crippen molar-refractivity contribution in [3.05, 3.63) is 59.7 Å². The molecule has 0 unspecified atom stereocenters. The Hall–Kier alpha value is -3.99. The fourth-order valence-electron chi connectivity index (χ4n) is 2.98. The van der Waals surface area contributed by atoms with E-state index in [1.807, 2.05) is 12.1 Å². The Bertz CT molecular complexity index is 1140. The summed E-state index contributed by atoms with van der Waals surface area (Å²) < 4.78 is 1.55. The number of aryl methyl sites for hydroxylation is 2. The highest BCUT2D eigenvalue weighted by Crippen LogP contribution is 2.38. The standard InChI is InChI=1S/C21H19N5O3/c1-14-7-2-3-8-15(14)20(28)23-13-18(27)24-25-19-16-9-4-5-10-17(16)26(21(19)29)12-6-11-22/h2-5,7-10,29H,6,12-13H2,1H3,(H,23,28). The van der Waals surface area contributed by atoms with Crippen LogP contribution in [0.2, 0.25) is 0 Å². The fourth-order valence-corrected chi connectivity index (χ4v) is 2.98. The molecule has 0 fully saturated rings. The molecule has 2 amide bonds. The van der Waals surface area contributed by atoms with E-state index in [4.69, 9.17) is 5.26 Å². The predicted octanol–water partition coefficient (Wildman–Crippen LogP) is 3.61. The smallest absolute Gasteiger partial charge is 0.283 e. The molecule has 0 saturated heterocycles. The van der Waals surface area contributed by atoms with Crippen LogP contribution >= 0.6 is 0 Å². The molecule has 8 nitrogen and oxygen atoms in total. The normalized spacial score (nSPS) is 10.9. The molecule has 146 valence electrons. The molecule has 0 radical (unpaired) electrons. The van der Waals surface area contributed by atoms with E-state index in [0.29, 0.717) is 23.0 Å². The van der Waals surface area contributed by atoms with Gasteiger partial charge >= 0.3 is 0 Å². The minimum atomic E-state index is -0.653. The number of aromatic hydroxyl groups is 1. The largest absolute Gasteiger partial charge is 0.493 e. The summed E-state index contributed by atoms with van der Waals surface area (Å²) in [5, 5.41) is 29.9. The lowest BCUT2D eigenvalue weighted by atomic mass is 10.1. The molecule has 0 saturated carbocycles. The van der Waals surface area contributed by atoms with Crippen molar-refractivity contribution in [3.63, 3.8) is 0 Å². The lowest BCUT2D eigenvalue weighted by molar-refractivity contribution is -0.117. The second-order valence-electron chi connectivity index (χ2n) is 6.34. The Morgan fingerprint density at radius 3 is 2.66 bits per heavy atom.